The number of alkyl halides is 2. The molecule has 0 spiro atoms. The Balaban J connectivity index is 1.77. The zero-order chi connectivity index (χ0) is 20.7. The van der Waals surface area contributed by atoms with Crippen molar-refractivity contribution in [3.05, 3.63) is 62.6 Å². The molecular formula is C18H14Cl3F2NO4. The van der Waals surface area contributed by atoms with Crippen LogP contribution in [0, 0.1) is 0 Å². The Kier molecular flexibility index (Phi) is 8.29. The first-order valence-corrected chi connectivity index (χ1v) is 9.02. The van der Waals surface area contributed by atoms with Crippen LogP contribution in [0.5, 0.6) is 5.75 Å². The van der Waals surface area contributed by atoms with E-state index < -0.39 is 25.1 Å². The highest BCUT2D eigenvalue weighted by Crippen LogP contribution is 2.31. The number of rotatable bonds is 8. The number of ether oxygens (including phenoxy) is 2. The number of carbonyl (C=O) groups excluding carboxylic acids is 2. The van der Waals surface area contributed by atoms with Gasteiger partial charge in [-0.2, -0.15) is 8.78 Å². The second-order valence-corrected chi connectivity index (χ2v) is 6.61. The van der Waals surface area contributed by atoms with Crippen molar-refractivity contribution in [2.75, 3.05) is 13.2 Å². The van der Waals surface area contributed by atoms with Gasteiger partial charge in [0.05, 0.1) is 20.6 Å². The minimum atomic E-state index is -2.88. The van der Waals surface area contributed by atoms with E-state index in [9.17, 15) is 18.4 Å². The van der Waals surface area contributed by atoms with Crippen molar-refractivity contribution in [1.82, 2.24) is 5.32 Å². The first-order valence-electron chi connectivity index (χ1n) is 7.89. The van der Waals surface area contributed by atoms with Crippen molar-refractivity contribution in [3.8, 4) is 5.75 Å². The SMILES string of the molecule is O=C(COC(=O)c1c(Cl)ccc(Cl)c1Cl)NCCc1ccc(OC(F)F)cc1. The molecule has 1 amide bonds. The predicted octanol–water partition coefficient (Wildman–Crippen LogP) is 4.76. The molecule has 2 aromatic rings. The van der Waals surface area contributed by atoms with Crippen molar-refractivity contribution >= 4 is 46.7 Å². The minimum Gasteiger partial charge on any atom is -0.452 e. The maximum atomic E-state index is 12.1. The number of benzene rings is 2. The molecule has 0 radical (unpaired) electrons. The molecule has 0 aliphatic rings. The van der Waals surface area contributed by atoms with Crippen LogP contribution in [0.15, 0.2) is 36.4 Å². The fourth-order valence-corrected chi connectivity index (χ4v) is 2.83. The molecule has 28 heavy (non-hydrogen) atoms. The smallest absolute Gasteiger partial charge is 0.387 e. The minimum absolute atomic E-state index is 0.0491. The van der Waals surface area contributed by atoms with E-state index in [1.807, 2.05) is 0 Å². The van der Waals surface area contributed by atoms with E-state index in [-0.39, 0.29) is 32.9 Å². The quantitative estimate of drug-likeness (QED) is 0.463. The molecule has 0 bridgehead atoms. The molecule has 150 valence electrons. The Labute approximate surface area is 174 Å². The van der Waals surface area contributed by atoms with Crippen LogP contribution in [0.3, 0.4) is 0 Å². The number of amides is 1. The molecule has 1 N–H and O–H groups in total. The highest BCUT2D eigenvalue weighted by molar-refractivity contribution is 6.46. The third-order valence-electron chi connectivity index (χ3n) is 3.47. The number of halogens is 5. The number of esters is 1. The predicted molar refractivity (Wildman–Crippen MR) is 102 cm³/mol. The van der Waals surface area contributed by atoms with Crippen LogP contribution in [0.25, 0.3) is 0 Å². The molecule has 0 heterocycles. The lowest BCUT2D eigenvalue weighted by molar-refractivity contribution is -0.124. The average Bonchev–Trinajstić information content (AvgIpc) is 2.64. The summed E-state index contributed by atoms with van der Waals surface area (Å²) >= 11 is 17.7. The summed E-state index contributed by atoms with van der Waals surface area (Å²) in [5.41, 5.74) is 0.686. The van der Waals surface area contributed by atoms with Gasteiger partial charge in [-0.15, -0.1) is 0 Å². The van der Waals surface area contributed by atoms with Crippen LogP contribution >= 0.6 is 34.8 Å². The summed E-state index contributed by atoms with van der Waals surface area (Å²) in [4.78, 5) is 23.8. The lowest BCUT2D eigenvalue weighted by Gasteiger charge is -2.10. The van der Waals surface area contributed by atoms with E-state index in [1.54, 1.807) is 12.1 Å². The summed E-state index contributed by atoms with van der Waals surface area (Å²) in [6.45, 7) is -3.16. The van der Waals surface area contributed by atoms with Gasteiger partial charge in [0.2, 0.25) is 0 Å². The van der Waals surface area contributed by atoms with Crippen molar-refractivity contribution < 1.29 is 27.8 Å². The van der Waals surface area contributed by atoms with Crippen LogP contribution in [0.1, 0.15) is 15.9 Å². The van der Waals surface area contributed by atoms with Crippen LogP contribution in [-0.4, -0.2) is 31.6 Å². The zero-order valence-electron chi connectivity index (χ0n) is 14.2. The summed E-state index contributed by atoms with van der Waals surface area (Å²) in [5, 5.41) is 2.70. The van der Waals surface area contributed by atoms with Crippen LogP contribution in [0.4, 0.5) is 8.78 Å². The maximum Gasteiger partial charge on any atom is 0.387 e. The van der Waals surface area contributed by atoms with Crippen molar-refractivity contribution in [1.29, 1.82) is 0 Å². The zero-order valence-corrected chi connectivity index (χ0v) is 16.5. The van der Waals surface area contributed by atoms with Gasteiger partial charge < -0.3 is 14.8 Å². The van der Waals surface area contributed by atoms with Gasteiger partial charge in [-0.1, -0.05) is 46.9 Å². The number of hydrogen-bond donors (Lipinski definition) is 1. The Morgan fingerprint density at radius 3 is 2.29 bits per heavy atom. The summed E-state index contributed by atoms with van der Waals surface area (Å²) in [7, 11) is 0. The summed E-state index contributed by atoms with van der Waals surface area (Å²) < 4.78 is 33.3. The molecule has 0 atom stereocenters. The van der Waals surface area contributed by atoms with Gasteiger partial charge in [-0.05, 0) is 36.2 Å². The van der Waals surface area contributed by atoms with Crippen molar-refractivity contribution in [2.45, 2.75) is 13.0 Å². The van der Waals surface area contributed by atoms with Gasteiger partial charge >= 0.3 is 12.6 Å². The van der Waals surface area contributed by atoms with E-state index in [0.717, 1.165) is 5.56 Å². The number of carbonyl (C=O) groups is 2. The van der Waals surface area contributed by atoms with Gasteiger partial charge in [-0.25, -0.2) is 4.79 Å². The van der Waals surface area contributed by atoms with Crippen LogP contribution in [-0.2, 0) is 16.0 Å². The summed E-state index contributed by atoms with van der Waals surface area (Å²) in [6, 6.07) is 8.85. The summed E-state index contributed by atoms with van der Waals surface area (Å²) in [5.74, 6) is -1.35. The fraction of sp³-hybridized carbons (Fsp3) is 0.222. The largest absolute Gasteiger partial charge is 0.452 e. The highest BCUT2D eigenvalue weighted by Gasteiger charge is 2.19. The van der Waals surface area contributed by atoms with Gasteiger partial charge in [0.15, 0.2) is 6.61 Å². The molecule has 5 nitrogen and oxygen atoms in total. The van der Waals surface area contributed by atoms with Crippen molar-refractivity contribution in [3.63, 3.8) is 0 Å². The Morgan fingerprint density at radius 1 is 1.00 bits per heavy atom. The van der Waals surface area contributed by atoms with Crippen LogP contribution in [0.2, 0.25) is 15.1 Å². The molecule has 0 aliphatic heterocycles. The monoisotopic (exact) mass is 451 g/mol. The Hall–Kier alpha value is -2.09. The van der Waals surface area contributed by atoms with E-state index in [2.05, 4.69) is 10.1 Å². The molecule has 0 fully saturated rings. The van der Waals surface area contributed by atoms with Gasteiger partial charge in [0.1, 0.15) is 5.75 Å². The highest BCUT2D eigenvalue weighted by atomic mass is 35.5. The van der Waals surface area contributed by atoms with Gasteiger partial charge in [0.25, 0.3) is 5.91 Å². The summed E-state index contributed by atoms with van der Waals surface area (Å²) in [6.07, 6.45) is 0.445. The van der Waals surface area contributed by atoms with E-state index in [1.165, 1.54) is 24.3 Å². The van der Waals surface area contributed by atoms with Crippen LogP contribution < -0.4 is 10.1 Å². The first kappa shape index (κ1) is 22.2. The average molecular weight is 453 g/mol. The fourth-order valence-electron chi connectivity index (χ4n) is 2.15. The lowest BCUT2D eigenvalue weighted by atomic mass is 10.1. The molecule has 2 aromatic carbocycles. The van der Waals surface area contributed by atoms with E-state index >= 15 is 0 Å². The number of hydrogen-bond acceptors (Lipinski definition) is 4. The van der Waals surface area contributed by atoms with E-state index in [4.69, 9.17) is 39.5 Å². The first-order chi connectivity index (χ1) is 13.3. The third kappa shape index (κ3) is 6.51. The third-order valence-corrected chi connectivity index (χ3v) is 4.59. The molecule has 0 aromatic heterocycles. The molecule has 0 saturated carbocycles. The maximum absolute atomic E-state index is 12.1. The standard InChI is InChI=1S/C18H14Cl3F2NO4/c19-12-5-6-13(20)16(21)15(12)17(26)27-9-14(25)24-8-7-10-1-3-11(4-2-10)28-18(22)23/h1-6,18H,7-9H2,(H,24,25). The second kappa shape index (κ2) is 10.5. The Bertz CT molecular complexity index is 847. The second-order valence-electron chi connectivity index (χ2n) is 5.42. The van der Waals surface area contributed by atoms with Gasteiger partial charge in [0, 0.05) is 6.54 Å². The molecule has 0 unspecified atom stereocenters. The molecule has 0 saturated heterocycles. The molecule has 10 heteroatoms. The normalized spacial score (nSPS) is 10.6. The van der Waals surface area contributed by atoms with Crippen molar-refractivity contribution in [2.24, 2.45) is 0 Å². The lowest BCUT2D eigenvalue weighted by Crippen LogP contribution is -2.30. The van der Waals surface area contributed by atoms with E-state index in [0.29, 0.717) is 6.42 Å². The topological polar surface area (TPSA) is 64.6 Å². The molecule has 2 rings (SSSR count). The van der Waals surface area contributed by atoms with Gasteiger partial charge in [-0.3, -0.25) is 4.79 Å². The Morgan fingerprint density at radius 2 is 1.64 bits per heavy atom. The molecule has 0 aliphatic carbocycles. The molecular weight excluding hydrogens is 439 g/mol. The number of nitrogens with one attached hydrogen (secondary N) is 1.